The molecule has 0 fully saturated rings. The average molecular weight is 470 g/mol. The molecule has 14 heteroatoms. The quantitative estimate of drug-likeness (QED) is 0.337. The summed E-state index contributed by atoms with van der Waals surface area (Å²) in [5.74, 6) is -3.86. The van der Waals surface area contributed by atoms with Crippen LogP contribution in [0.3, 0.4) is 0 Å². The highest BCUT2D eigenvalue weighted by Gasteiger charge is 2.33. The Kier molecular flexibility index (Phi) is 7.89. The van der Waals surface area contributed by atoms with Crippen LogP contribution in [-0.4, -0.2) is 61.9 Å². The number of carbonyl (C=O) groups excluding carboxylic acids is 1. The number of alkyl halides is 3. The van der Waals surface area contributed by atoms with Crippen LogP contribution < -0.4 is 4.90 Å². The first-order valence-electron chi connectivity index (χ1n) is 8.25. The maximum absolute atomic E-state index is 13.4. The molecule has 0 radical (unpaired) electrons. The lowest BCUT2D eigenvalue weighted by atomic mass is 10.3. The Balaban J connectivity index is 2.32. The minimum atomic E-state index is -4.67. The topological polar surface area (TPSA) is 89.7 Å². The van der Waals surface area contributed by atoms with Gasteiger partial charge in [0.1, 0.15) is 24.4 Å². The number of aromatic nitrogens is 3. The molecule has 2 aromatic heterocycles. The van der Waals surface area contributed by atoms with Crippen molar-refractivity contribution in [2.75, 3.05) is 30.1 Å². The summed E-state index contributed by atoms with van der Waals surface area (Å²) in [5.41, 5.74) is -0.180. The Morgan fingerprint density at radius 3 is 2.67 bits per heavy atom. The van der Waals surface area contributed by atoms with E-state index < -0.39 is 45.9 Å². The molecule has 0 N–H and O–H groups in total. The molecule has 1 amide bonds. The van der Waals surface area contributed by atoms with Crippen molar-refractivity contribution in [2.24, 2.45) is 5.16 Å². The number of hydrogen-bond acceptors (Lipinski definition) is 6. The van der Waals surface area contributed by atoms with E-state index >= 15 is 0 Å². The van der Waals surface area contributed by atoms with Crippen molar-refractivity contribution >= 4 is 39.7 Å². The fraction of sp³-hybridized carbons (Fsp3) is 0.375. The van der Waals surface area contributed by atoms with E-state index in [1.54, 1.807) is 6.92 Å². The highest BCUT2D eigenvalue weighted by atomic mass is 35.5. The van der Waals surface area contributed by atoms with Crippen LogP contribution in [0.2, 0.25) is 5.15 Å². The third-order valence-electron chi connectivity index (χ3n) is 3.53. The van der Waals surface area contributed by atoms with Crippen molar-refractivity contribution < 1.29 is 31.4 Å². The molecule has 0 aliphatic heterocycles. The normalized spacial score (nSPS) is 13.2. The van der Waals surface area contributed by atoms with Gasteiger partial charge in [-0.2, -0.15) is 18.3 Å². The van der Waals surface area contributed by atoms with E-state index in [4.69, 9.17) is 11.6 Å². The standard InChI is InChI=1S/C16H16ClF4N5O3S/c1-3-25(15(27)12(24-29-2)8-30(28)9-16(19,20)21)13-7-26(23-14(13)17)11-4-10(18)5-22-6-11/h4-7H,3,8-9H2,1-2H3/b24-12-. The second-order valence-electron chi connectivity index (χ2n) is 5.72. The van der Waals surface area contributed by atoms with Gasteiger partial charge < -0.3 is 9.74 Å². The molecule has 0 saturated carbocycles. The van der Waals surface area contributed by atoms with Crippen LogP contribution in [0.1, 0.15) is 6.92 Å². The SMILES string of the molecule is CCN(C(=O)/C(CS(=O)CC(F)(F)F)=N\OC)c1cn(-c2cncc(F)c2)nc1Cl. The zero-order valence-corrected chi connectivity index (χ0v) is 17.3. The third-order valence-corrected chi connectivity index (χ3v) is 5.04. The highest BCUT2D eigenvalue weighted by Crippen LogP contribution is 2.26. The van der Waals surface area contributed by atoms with Gasteiger partial charge in [-0.25, -0.2) is 9.07 Å². The van der Waals surface area contributed by atoms with Gasteiger partial charge in [-0.3, -0.25) is 14.0 Å². The van der Waals surface area contributed by atoms with Crippen molar-refractivity contribution in [1.29, 1.82) is 0 Å². The summed E-state index contributed by atoms with van der Waals surface area (Å²) in [6.45, 7) is 1.60. The molecule has 0 spiro atoms. The van der Waals surface area contributed by atoms with E-state index in [1.165, 1.54) is 17.1 Å². The van der Waals surface area contributed by atoms with Crippen molar-refractivity contribution in [2.45, 2.75) is 13.1 Å². The van der Waals surface area contributed by atoms with Crippen LogP contribution in [0.25, 0.3) is 5.69 Å². The summed E-state index contributed by atoms with van der Waals surface area (Å²) in [7, 11) is -1.34. The predicted octanol–water partition coefficient (Wildman–Crippen LogP) is 2.73. The Labute approximate surface area is 175 Å². The Bertz CT molecular complexity index is 967. The van der Waals surface area contributed by atoms with Gasteiger partial charge in [-0.1, -0.05) is 16.8 Å². The summed E-state index contributed by atoms with van der Waals surface area (Å²) >= 11 is 6.11. The molecule has 30 heavy (non-hydrogen) atoms. The zero-order chi connectivity index (χ0) is 22.5. The van der Waals surface area contributed by atoms with Gasteiger partial charge in [0.15, 0.2) is 10.9 Å². The molecule has 2 rings (SSSR count). The van der Waals surface area contributed by atoms with Gasteiger partial charge in [0.25, 0.3) is 5.91 Å². The van der Waals surface area contributed by atoms with E-state index in [1.807, 2.05) is 0 Å². The fourth-order valence-electron chi connectivity index (χ4n) is 2.39. The van der Waals surface area contributed by atoms with Crippen LogP contribution in [0.15, 0.2) is 29.8 Å². The van der Waals surface area contributed by atoms with Crippen LogP contribution >= 0.6 is 11.6 Å². The lowest BCUT2D eigenvalue weighted by Gasteiger charge is -2.20. The molecule has 0 bridgehead atoms. The van der Waals surface area contributed by atoms with E-state index in [-0.39, 0.29) is 23.1 Å². The van der Waals surface area contributed by atoms with Crippen molar-refractivity contribution in [3.8, 4) is 5.69 Å². The zero-order valence-electron chi connectivity index (χ0n) is 15.7. The Morgan fingerprint density at radius 2 is 2.10 bits per heavy atom. The molecule has 164 valence electrons. The molecule has 0 aliphatic carbocycles. The summed E-state index contributed by atoms with van der Waals surface area (Å²) in [5, 5.41) is 7.28. The minimum absolute atomic E-state index is 0.0281. The van der Waals surface area contributed by atoms with E-state index in [9.17, 15) is 26.6 Å². The first kappa shape index (κ1) is 23.7. The monoisotopic (exact) mass is 469 g/mol. The molecular formula is C16H16ClF4N5O3S. The van der Waals surface area contributed by atoms with E-state index in [0.717, 1.165) is 24.3 Å². The van der Waals surface area contributed by atoms with Crippen molar-refractivity contribution in [1.82, 2.24) is 14.8 Å². The Hall–Kier alpha value is -2.54. The van der Waals surface area contributed by atoms with Crippen LogP contribution in [0.5, 0.6) is 0 Å². The molecule has 0 saturated heterocycles. The summed E-state index contributed by atoms with van der Waals surface area (Å²) in [4.78, 5) is 22.1. The number of halogens is 5. The molecule has 0 aromatic carbocycles. The molecular weight excluding hydrogens is 454 g/mol. The predicted molar refractivity (Wildman–Crippen MR) is 103 cm³/mol. The first-order valence-corrected chi connectivity index (χ1v) is 10.1. The lowest BCUT2D eigenvalue weighted by molar-refractivity contribution is -0.112. The van der Waals surface area contributed by atoms with E-state index in [0.29, 0.717) is 0 Å². The number of anilines is 1. The van der Waals surface area contributed by atoms with E-state index in [2.05, 4.69) is 20.1 Å². The number of carbonyl (C=O) groups is 1. The number of amides is 1. The average Bonchev–Trinajstić information content (AvgIpc) is 3.02. The summed E-state index contributed by atoms with van der Waals surface area (Å²) < 4.78 is 63.7. The van der Waals surface area contributed by atoms with Gasteiger partial charge in [0.2, 0.25) is 0 Å². The summed E-state index contributed by atoms with van der Waals surface area (Å²) in [6.07, 6.45) is -1.05. The number of oxime groups is 1. The van der Waals surface area contributed by atoms with Gasteiger partial charge in [-0.05, 0) is 6.92 Å². The largest absolute Gasteiger partial charge is 0.400 e. The lowest BCUT2D eigenvalue weighted by Crippen LogP contribution is -2.39. The van der Waals surface area contributed by atoms with Gasteiger partial charge in [-0.15, -0.1) is 0 Å². The number of nitrogens with zero attached hydrogens (tertiary/aromatic N) is 5. The van der Waals surface area contributed by atoms with Gasteiger partial charge in [0, 0.05) is 23.4 Å². The maximum Gasteiger partial charge on any atom is 0.400 e. The number of rotatable bonds is 8. The molecule has 1 unspecified atom stereocenters. The third kappa shape index (κ3) is 6.23. The molecule has 8 nitrogen and oxygen atoms in total. The molecule has 2 heterocycles. The smallest absolute Gasteiger partial charge is 0.399 e. The Morgan fingerprint density at radius 1 is 1.40 bits per heavy atom. The second kappa shape index (κ2) is 9.98. The van der Waals surface area contributed by atoms with Crippen LogP contribution in [0.4, 0.5) is 23.2 Å². The van der Waals surface area contributed by atoms with Crippen molar-refractivity contribution in [3.05, 3.63) is 35.6 Å². The number of pyridine rings is 1. The molecule has 2 aromatic rings. The van der Waals surface area contributed by atoms with Crippen LogP contribution in [0, 0.1) is 5.82 Å². The van der Waals surface area contributed by atoms with Gasteiger partial charge >= 0.3 is 6.18 Å². The van der Waals surface area contributed by atoms with Crippen molar-refractivity contribution in [3.63, 3.8) is 0 Å². The first-order chi connectivity index (χ1) is 14.1. The van der Waals surface area contributed by atoms with Gasteiger partial charge in [0.05, 0.1) is 30.0 Å². The minimum Gasteiger partial charge on any atom is -0.399 e. The summed E-state index contributed by atoms with van der Waals surface area (Å²) in [6, 6.07) is 1.14. The highest BCUT2D eigenvalue weighted by molar-refractivity contribution is 7.85. The molecule has 1 atom stereocenters. The maximum atomic E-state index is 13.4. The second-order valence-corrected chi connectivity index (χ2v) is 7.54. The number of hydrogen-bond donors (Lipinski definition) is 0. The van der Waals surface area contributed by atoms with Crippen LogP contribution in [-0.2, 0) is 20.4 Å². The fourth-order valence-corrected chi connectivity index (χ4v) is 3.57. The molecule has 0 aliphatic rings.